The van der Waals surface area contributed by atoms with E-state index in [0.29, 0.717) is 11.5 Å². The molecule has 0 saturated carbocycles. The van der Waals surface area contributed by atoms with Crippen LogP contribution in [0.25, 0.3) is 0 Å². The highest BCUT2D eigenvalue weighted by atomic mass is 19.4. The lowest BCUT2D eigenvalue weighted by molar-refractivity contribution is -0.138. The summed E-state index contributed by atoms with van der Waals surface area (Å²) in [6.45, 7) is 0.250. The Hall–Kier alpha value is -1.43. The molecule has 1 aliphatic rings. The Labute approximate surface area is 109 Å². The first-order valence-corrected chi connectivity index (χ1v) is 6.12. The van der Waals surface area contributed by atoms with Crippen molar-refractivity contribution in [2.45, 2.75) is 31.2 Å². The molecular weight excluding hydrogens is 259 g/mol. The average molecular weight is 275 g/mol. The molecule has 1 N–H and O–H groups in total. The Morgan fingerprint density at radius 2 is 2.00 bits per heavy atom. The molecule has 1 aromatic rings. The second-order valence-corrected chi connectivity index (χ2v) is 4.46. The number of alkyl halides is 3. The summed E-state index contributed by atoms with van der Waals surface area (Å²) in [5.74, 6) is 1.20. The van der Waals surface area contributed by atoms with Gasteiger partial charge in [0.2, 0.25) is 0 Å². The molecule has 0 aliphatic carbocycles. The molecule has 1 aliphatic heterocycles. The van der Waals surface area contributed by atoms with Gasteiger partial charge in [0, 0.05) is 12.5 Å². The number of fused-ring (bicyclic) bond motifs is 1. The Balaban J connectivity index is 1.98. The summed E-state index contributed by atoms with van der Waals surface area (Å²) in [6, 6.07) is 6.75. The molecular formula is C13H16F3NO2. The Morgan fingerprint density at radius 1 is 1.32 bits per heavy atom. The van der Waals surface area contributed by atoms with Crippen molar-refractivity contribution in [1.29, 1.82) is 0 Å². The quantitative estimate of drug-likeness (QED) is 0.916. The van der Waals surface area contributed by atoms with Crippen LogP contribution in [-0.4, -0.2) is 32.0 Å². The lowest BCUT2D eigenvalue weighted by Gasteiger charge is -2.32. The van der Waals surface area contributed by atoms with E-state index < -0.39 is 24.7 Å². The zero-order chi connectivity index (χ0) is 13.9. The van der Waals surface area contributed by atoms with Crippen LogP contribution in [0.3, 0.4) is 0 Å². The van der Waals surface area contributed by atoms with Gasteiger partial charge in [0.15, 0.2) is 11.5 Å². The third kappa shape index (κ3) is 3.76. The standard InChI is InChI=1S/C13H16F3NO2/c1-17-9(6-7-13(14,15)16)12-8-18-10-4-2-3-5-11(10)19-12/h2-5,9,12,17H,6-8H2,1H3. The zero-order valence-corrected chi connectivity index (χ0v) is 10.5. The molecule has 0 amide bonds. The number of hydrogen-bond donors (Lipinski definition) is 1. The highest BCUT2D eigenvalue weighted by molar-refractivity contribution is 5.40. The fourth-order valence-electron chi connectivity index (χ4n) is 2.07. The van der Waals surface area contributed by atoms with E-state index in [-0.39, 0.29) is 13.0 Å². The highest BCUT2D eigenvalue weighted by Gasteiger charge is 2.33. The summed E-state index contributed by atoms with van der Waals surface area (Å²) in [7, 11) is 1.63. The minimum atomic E-state index is -4.15. The van der Waals surface area contributed by atoms with Gasteiger partial charge in [-0.2, -0.15) is 13.2 Å². The number of hydrogen-bond acceptors (Lipinski definition) is 3. The molecule has 2 rings (SSSR count). The molecule has 6 heteroatoms. The van der Waals surface area contributed by atoms with Gasteiger partial charge in [0.25, 0.3) is 0 Å². The van der Waals surface area contributed by atoms with E-state index in [0.717, 1.165) is 0 Å². The SMILES string of the molecule is CNC(CCC(F)(F)F)C1COc2ccccc2O1. The minimum Gasteiger partial charge on any atom is -0.486 e. The Morgan fingerprint density at radius 3 is 2.63 bits per heavy atom. The summed E-state index contributed by atoms with van der Waals surface area (Å²) < 4.78 is 48.0. The van der Waals surface area contributed by atoms with Gasteiger partial charge in [-0.15, -0.1) is 0 Å². The molecule has 0 saturated heterocycles. The number of ether oxygens (including phenoxy) is 2. The maximum Gasteiger partial charge on any atom is 0.389 e. The van der Waals surface area contributed by atoms with Gasteiger partial charge in [-0.05, 0) is 25.6 Å². The second-order valence-electron chi connectivity index (χ2n) is 4.46. The van der Waals surface area contributed by atoms with Crippen LogP contribution in [0.1, 0.15) is 12.8 Å². The first-order chi connectivity index (χ1) is 8.99. The Bertz CT molecular complexity index is 423. The topological polar surface area (TPSA) is 30.5 Å². The minimum absolute atomic E-state index is 0.0316. The summed E-state index contributed by atoms with van der Waals surface area (Å²) in [5.41, 5.74) is 0. The fourth-order valence-corrected chi connectivity index (χ4v) is 2.07. The Kier molecular flexibility index (Phi) is 4.19. The summed E-state index contributed by atoms with van der Waals surface area (Å²) in [6.07, 6.45) is -5.43. The molecule has 2 atom stereocenters. The van der Waals surface area contributed by atoms with Crippen LogP contribution in [-0.2, 0) is 0 Å². The van der Waals surface area contributed by atoms with Crippen molar-refractivity contribution in [3.8, 4) is 11.5 Å². The number of likely N-dealkylation sites (N-methyl/N-ethyl adjacent to an activating group) is 1. The number of nitrogens with one attached hydrogen (secondary N) is 1. The number of rotatable bonds is 4. The van der Waals surface area contributed by atoms with E-state index in [1.54, 1.807) is 25.2 Å². The lowest BCUT2D eigenvalue weighted by Crippen LogP contribution is -2.47. The van der Waals surface area contributed by atoms with Crippen molar-refractivity contribution in [3.05, 3.63) is 24.3 Å². The smallest absolute Gasteiger partial charge is 0.389 e. The predicted molar refractivity (Wildman–Crippen MR) is 64.5 cm³/mol. The molecule has 1 aromatic carbocycles. The molecule has 3 nitrogen and oxygen atoms in total. The van der Waals surface area contributed by atoms with Crippen LogP contribution in [0, 0.1) is 0 Å². The van der Waals surface area contributed by atoms with Crippen LogP contribution in [0.15, 0.2) is 24.3 Å². The van der Waals surface area contributed by atoms with Crippen LogP contribution in [0.5, 0.6) is 11.5 Å². The van der Waals surface area contributed by atoms with E-state index in [2.05, 4.69) is 5.32 Å². The van der Waals surface area contributed by atoms with Crippen LogP contribution in [0.4, 0.5) is 13.2 Å². The molecule has 0 radical (unpaired) electrons. The molecule has 0 spiro atoms. The average Bonchev–Trinajstić information content (AvgIpc) is 2.38. The maximum absolute atomic E-state index is 12.3. The van der Waals surface area contributed by atoms with Crippen molar-refractivity contribution in [3.63, 3.8) is 0 Å². The van der Waals surface area contributed by atoms with Crippen molar-refractivity contribution < 1.29 is 22.6 Å². The normalized spacial score (nSPS) is 20.1. The maximum atomic E-state index is 12.3. The van der Waals surface area contributed by atoms with E-state index >= 15 is 0 Å². The number of halogens is 3. The number of para-hydroxylation sites is 2. The third-order valence-corrected chi connectivity index (χ3v) is 3.09. The molecule has 0 aromatic heterocycles. The number of benzene rings is 1. The fraction of sp³-hybridized carbons (Fsp3) is 0.538. The molecule has 0 bridgehead atoms. The summed E-state index contributed by atoms with van der Waals surface area (Å²) >= 11 is 0. The molecule has 106 valence electrons. The molecule has 1 heterocycles. The molecule has 2 unspecified atom stereocenters. The monoisotopic (exact) mass is 275 g/mol. The summed E-state index contributed by atoms with van der Waals surface area (Å²) in [5, 5.41) is 2.87. The summed E-state index contributed by atoms with van der Waals surface area (Å²) in [4.78, 5) is 0. The second kappa shape index (κ2) is 5.69. The zero-order valence-electron chi connectivity index (χ0n) is 10.5. The van der Waals surface area contributed by atoms with Gasteiger partial charge in [-0.25, -0.2) is 0 Å². The van der Waals surface area contributed by atoms with E-state index in [9.17, 15) is 13.2 Å². The molecule has 19 heavy (non-hydrogen) atoms. The van der Waals surface area contributed by atoms with Gasteiger partial charge < -0.3 is 14.8 Å². The van der Waals surface area contributed by atoms with Crippen LogP contribution < -0.4 is 14.8 Å². The van der Waals surface area contributed by atoms with Crippen molar-refractivity contribution in [2.24, 2.45) is 0 Å². The predicted octanol–water partition coefficient (Wildman–Crippen LogP) is 2.76. The lowest BCUT2D eigenvalue weighted by atomic mass is 10.0. The van der Waals surface area contributed by atoms with Gasteiger partial charge >= 0.3 is 6.18 Å². The first kappa shape index (κ1) is 14.0. The third-order valence-electron chi connectivity index (χ3n) is 3.09. The van der Waals surface area contributed by atoms with Gasteiger partial charge in [-0.1, -0.05) is 12.1 Å². The van der Waals surface area contributed by atoms with Gasteiger partial charge in [0.05, 0.1) is 0 Å². The van der Waals surface area contributed by atoms with Gasteiger partial charge in [0.1, 0.15) is 12.7 Å². The first-order valence-electron chi connectivity index (χ1n) is 6.12. The van der Waals surface area contributed by atoms with Crippen molar-refractivity contribution in [2.75, 3.05) is 13.7 Å². The van der Waals surface area contributed by atoms with E-state index in [1.165, 1.54) is 0 Å². The van der Waals surface area contributed by atoms with E-state index in [4.69, 9.17) is 9.47 Å². The highest BCUT2D eigenvalue weighted by Crippen LogP contribution is 2.32. The van der Waals surface area contributed by atoms with Crippen LogP contribution in [0.2, 0.25) is 0 Å². The largest absolute Gasteiger partial charge is 0.486 e. The van der Waals surface area contributed by atoms with Crippen LogP contribution >= 0.6 is 0 Å². The van der Waals surface area contributed by atoms with E-state index in [1.807, 2.05) is 6.07 Å². The van der Waals surface area contributed by atoms with Crippen molar-refractivity contribution >= 4 is 0 Å². The van der Waals surface area contributed by atoms with Crippen molar-refractivity contribution in [1.82, 2.24) is 5.32 Å². The van der Waals surface area contributed by atoms with Gasteiger partial charge in [-0.3, -0.25) is 0 Å². The molecule has 0 fully saturated rings.